The standard InChI is InChI=1S/C8H14I4/c9-3-1-7(5-11)8(6-12)2-4-10/h7-8H,1-6H2. The van der Waals surface area contributed by atoms with Crippen molar-refractivity contribution >= 4 is 90.4 Å². The third kappa shape index (κ3) is 6.41. The first kappa shape index (κ1) is 14.9. The maximum Gasteiger partial charge on any atom is 0.00268 e. The fourth-order valence-electron chi connectivity index (χ4n) is 1.16. The van der Waals surface area contributed by atoms with Gasteiger partial charge in [0, 0.05) is 8.86 Å². The van der Waals surface area contributed by atoms with Gasteiger partial charge in [-0.2, -0.15) is 0 Å². The zero-order valence-corrected chi connectivity index (χ0v) is 15.5. The third-order valence-corrected chi connectivity index (χ3v) is 5.53. The lowest BCUT2D eigenvalue weighted by Crippen LogP contribution is -2.18. The molecule has 0 rings (SSSR count). The van der Waals surface area contributed by atoms with Gasteiger partial charge in [-0.15, -0.1) is 0 Å². The van der Waals surface area contributed by atoms with Crippen LogP contribution in [0.2, 0.25) is 0 Å². The molecule has 4 heteroatoms. The lowest BCUT2D eigenvalue weighted by molar-refractivity contribution is 0.397. The van der Waals surface area contributed by atoms with Crippen LogP contribution in [0.15, 0.2) is 0 Å². The quantitative estimate of drug-likeness (QED) is 0.286. The Labute approximate surface area is 130 Å². The van der Waals surface area contributed by atoms with Crippen LogP contribution in [0.4, 0.5) is 0 Å². The highest BCUT2D eigenvalue weighted by atomic mass is 127. The molecule has 0 aromatic heterocycles. The summed E-state index contributed by atoms with van der Waals surface area (Å²) in [6, 6.07) is 0. The summed E-state index contributed by atoms with van der Waals surface area (Å²) in [5, 5.41) is 0. The van der Waals surface area contributed by atoms with Crippen molar-refractivity contribution in [1.29, 1.82) is 0 Å². The second-order valence-electron chi connectivity index (χ2n) is 2.78. The van der Waals surface area contributed by atoms with Gasteiger partial charge in [-0.25, -0.2) is 0 Å². The van der Waals surface area contributed by atoms with Gasteiger partial charge in [0.05, 0.1) is 0 Å². The van der Waals surface area contributed by atoms with Gasteiger partial charge in [-0.3, -0.25) is 0 Å². The van der Waals surface area contributed by atoms with Gasteiger partial charge in [0.15, 0.2) is 0 Å². The lowest BCUT2D eigenvalue weighted by atomic mass is 9.92. The van der Waals surface area contributed by atoms with Crippen molar-refractivity contribution in [2.45, 2.75) is 12.8 Å². The molecule has 0 aromatic carbocycles. The molecule has 0 spiro atoms. The molecule has 12 heavy (non-hydrogen) atoms. The first-order chi connectivity index (χ1) is 5.79. The summed E-state index contributed by atoms with van der Waals surface area (Å²) in [6.07, 6.45) is 2.82. The van der Waals surface area contributed by atoms with Crippen molar-refractivity contribution in [3.8, 4) is 0 Å². The van der Waals surface area contributed by atoms with Crippen LogP contribution in [0, 0.1) is 11.8 Å². The van der Waals surface area contributed by atoms with Gasteiger partial charge in [-0.05, 0) is 33.5 Å². The van der Waals surface area contributed by atoms with Crippen LogP contribution in [-0.4, -0.2) is 17.7 Å². The average molecular weight is 618 g/mol. The van der Waals surface area contributed by atoms with E-state index in [1.54, 1.807) is 0 Å². The Hall–Kier alpha value is 2.92. The van der Waals surface area contributed by atoms with Crippen molar-refractivity contribution in [1.82, 2.24) is 0 Å². The van der Waals surface area contributed by atoms with Crippen LogP contribution >= 0.6 is 90.4 Å². The highest BCUT2D eigenvalue weighted by Crippen LogP contribution is 2.25. The number of hydrogen-bond donors (Lipinski definition) is 0. The van der Waals surface area contributed by atoms with Gasteiger partial charge in [0.25, 0.3) is 0 Å². The predicted octanol–water partition coefficient (Wildman–Crippen LogP) is 4.74. The Morgan fingerprint density at radius 3 is 1.17 bits per heavy atom. The topological polar surface area (TPSA) is 0 Å². The monoisotopic (exact) mass is 618 g/mol. The summed E-state index contributed by atoms with van der Waals surface area (Å²) in [4.78, 5) is 0. The largest absolute Gasteiger partial charge is 0.0864 e. The van der Waals surface area contributed by atoms with Gasteiger partial charge in [-0.1, -0.05) is 90.4 Å². The molecule has 0 aliphatic heterocycles. The third-order valence-electron chi connectivity index (χ3n) is 2.02. The summed E-state index contributed by atoms with van der Waals surface area (Å²) in [6.45, 7) is 0. The second-order valence-corrected chi connectivity index (χ2v) is 6.70. The van der Waals surface area contributed by atoms with Crippen LogP contribution in [0.25, 0.3) is 0 Å². The van der Waals surface area contributed by atoms with Crippen LogP contribution in [-0.2, 0) is 0 Å². The SMILES string of the molecule is ICCC(CI)C(CI)CCI. The minimum Gasteiger partial charge on any atom is -0.0864 e. The molecule has 0 saturated heterocycles. The van der Waals surface area contributed by atoms with Crippen molar-refractivity contribution < 1.29 is 0 Å². The Kier molecular flexibility index (Phi) is 13.0. The molecule has 0 amide bonds. The zero-order valence-electron chi connectivity index (χ0n) is 6.91. The van der Waals surface area contributed by atoms with E-state index in [1.807, 2.05) is 0 Å². The van der Waals surface area contributed by atoms with E-state index in [-0.39, 0.29) is 0 Å². The molecule has 0 bridgehead atoms. The molecule has 0 aromatic rings. The van der Waals surface area contributed by atoms with E-state index in [2.05, 4.69) is 90.4 Å². The average Bonchev–Trinajstić information content (AvgIpc) is 2.11. The second kappa shape index (κ2) is 10.4. The van der Waals surface area contributed by atoms with Gasteiger partial charge in [0.1, 0.15) is 0 Å². The van der Waals surface area contributed by atoms with Crippen LogP contribution in [0.5, 0.6) is 0 Å². The minimum atomic E-state index is 0.967. The Morgan fingerprint density at radius 1 is 0.667 bits per heavy atom. The fourth-order valence-corrected chi connectivity index (χ4v) is 5.08. The van der Waals surface area contributed by atoms with E-state index in [4.69, 9.17) is 0 Å². The number of alkyl halides is 4. The number of hydrogen-bond acceptors (Lipinski definition) is 0. The molecular formula is C8H14I4. The van der Waals surface area contributed by atoms with Crippen molar-refractivity contribution in [2.75, 3.05) is 17.7 Å². The van der Waals surface area contributed by atoms with E-state index in [1.165, 1.54) is 30.6 Å². The summed E-state index contributed by atoms with van der Waals surface area (Å²) >= 11 is 10.1. The molecule has 0 fully saturated rings. The number of halogens is 4. The first-order valence-electron chi connectivity index (χ1n) is 4.04. The smallest absolute Gasteiger partial charge is 0.00268 e. The zero-order chi connectivity index (χ0) is 9.40. The van der Waals surface area contributed by atoms with E-state index >= 15 is 0 Å². The van der Waals surface area contributed by atoms with Crippen LogP contribution in [0.1, 0.15) is 12.8 Å². The molecule has 0 nitrogen and oxygen atoms in total. The van der Waals surface area contributed by atoms with E-state index in [0.29, 0.717) is 0 Å². The summed E-state index contributed by atoms with van der Waals surface area (Å²) in [7, 11) is 0. The van der Waals surface area contributed by atoms with E-state index in [9.17, 15) is 0 Å². The molecule has 0 heterocycles. The highest BCUT2D eigenvalue weighted by Gasteiger charge is 2.17. The van der Waals surface area contributed by atoms with Crippen LogP contribution < -0.4 is 0 Å². The molecule has 0 aliphatic carbocycles. The molecular weight excluding hydrogens is 604 g/mol. The molecule has 2 unspecified atom stereocenters. The fraction of sp³-hybridized carbons (Fsp3) is 1.00. The predicted molar refractivity (Wildman–Crippen MR) is 91.8 cm³/mol. The van der Waals surface area contributed by atoms with Gasteiger partial charge < -0.3 is 0 Å². The molecule has 2 atom stereocenters. The summed E-state index contributed by atoms with van der Waals surface area (Å²) in [5.74, 6) is 1.93. The highest BCUT2D eigenvalue weighted by molar-refractivity contribution is 14.1. The maximum atomic E-state index is 2.54. The molecule has 0 N–H and O–H groups in total. The maximum absolute atomic E-state index is 2.54. The van der Waals surface area contributed by atoms with Crippen molar-refractivity contribution in [2.24, 2.45) is 11.8 Å². The Balaban J connectivity index is 3.84. The van der Waals surface area contributed by atoms with Gasteiger partial charge in [0.2, 0.25) is 0 Å². The number of rotatable bonds is 7. The van der Waals surface area contributed by atoms with Crippen molar-refractivity contribution in [3.05, 3.63) is 0 Å². The lowest BCUT2D eigenvalue weighted by Gasteiger charge is -2.22. The van der Waals surface area contributed by atoms with Crippen LogP contribution in [0.3, 0.4) is 0 Å². The molecule has 74 valence electrons. The van der Waals surface area contributed by atoms with Crippen molar-refractivity contribution in [3.63, 3.8) is 0 Å². The van der Waals surface area contributed by atoms with E-state index < -0.39 is 0 Å². The molecule has 0 saturated carbocycles. The molecule has 0 aliphatic rings. The minimum absolute atomic E-state index is 0.967. The van der Waals surface area contributed by atoms with E-state index in [0.717, 1.165) is 11.8 Å². The molecule has 0 radical (unpaired) electrons. The summed E-state index contributed by atoms with van der Waals surface area (Å²) in [5.41, 5.74) is 0. The first-order valence-corrected chi connectivity index (χ1v) is 10.1. The normalized spacial score (nSPS) is 16.0. The Bertz CT molecular complexity index is 85.1. The summed E-state index contributed by atoms with van der Waals surface area (Å²) < 4.78 is 5.32. The van der Waals surface area contributed by atoms with Gasteiger partial charge >= 0.3 is 0 Å². The Morgan fingerprint density at radius 2 is 1.00 bits per heavy atom.